The summed E-state index contributed by atoms with van der Waals surface area (Å²) in [5.41, 5.74) is 1.89. The van der Waals surface area contributed by atoms with E-state index in [1.165, 1.54) is 17.0 Å². The fourth-order valence-corrected chi connectivity index (χ4v) is 5.60. The number of hydrogen-bond acceptors (Lipinski definition) is 4. The van der Waals surface area contributed by atoms with Crippen molar-refractivity contribution >= 4 is 27.5 Å². The third kappa shape index (κ3) is 7.06. The molecule has 2 amide bonds. The Bertz CT molecular complexity index is 1150. The van der Waals surface area contributed by atoms with Gasteiger partial charge in [0.1, 0.15) is 18.4 Å². The van der Waals surface area contributed by atoms with E-state index in [2.05, 4.69) is 5.32 Å². The number of rotatable bonds is 11. The van der Waals surface area contributed by atoms with E-state index in [4.69, 9.17) is 0 Å². The van der Waals surface area contributed by atoms with Gasteiger partial charge in [-0.2, -0.15) is 0 Å². The van der Waals surface area contributed by atoms with Gasteiger partial charge in [-0.1, -0.05) is 57.0 Å². The Balaban J connectivity index is 1.94. The lowest BCUT2D eigenvalue weighted by Crippen LogP contribution is -2.53. The number of nitrogens with zero attached hydrogens (tertiary/aromatic N) is 2. The highest BCUT2D eigenvalue weighted by atomic mass is 32.2. The van der Waals surface area contributed by atoms with Crippen LogP contribution >= 0.6 is 0 Å². The van der Waals surface area contributed by atoms with Crippen molar-refractivity contribution in [3.05, 3.63) is 65.5 Å². The number of benzene rings is 2. The minimum Gasteiger partial charge on any atom is -0.352 e. The van der Waals surface area contributed by atoms with E-state index < -0.39 is 34.3 Å². The number of para-hydroxylation sites is 1. The summed E-state index contributed by atoms with van der Waals surface area (Å²) in [7, 11) is -3.79. The van der Waals surface area contributed by atoms with E-state index in [0.29, 0.717) is 24.1 Å². The van der Waals surface area contributed by atoms with E-state index in [1.54, 1.807) is 24.3 Å². The van der Waals surface area contributed by atoms with E-state index >= 15 is 0 Å². The number of anilines is 1. The molecule has 1 atom stereocenters. The zero-order chi connectivity index (χ0) is 26.3. The van der Waals surface area contributed by atoms with Crippen molar-refractivity contribution < 1.29 is 22.4 Å². The average molecular weight is 518 g/mol. The number of carbonyl (C=O) groups excluding carboxylic acids is 2. The third-order valence-corrected chi connectivity index (χ3v) is 7.80. The largest absolute Gasteiger partial charge is 0.352 e. The molecule has 1 fully saturated rings. The summed E-state index contributed by atoms with van der Waals surface area (Å²) in [6, 6.07) is 12.1. The molecule has 3 rings (SSSR count). The molecule has 36 heavy (non-hydrogen) atoms. The van der Waals surface area contributed by atoms with Crippen LogP contribution in [-0.4, -0.2) is 50.0 Å². The van der Waals surface area contributed by atoms with Crippen LogP contribution in [0.25, 0.3) is 0 Å². The van der Waals surface area contributed by atoms with E-state index in [-0.39, 0.29) is 18.5 Å². The van der Waals surface area contributed by atoms with E-state index in [1.807, 2.05) is 26.0 Å². The summed E-state index contributed by atoms with van der Waals surface area (Å²) in [6.45, 7) is 3.36. The van der Waals surface area contributed by atoms with Gasteiger partial charge in [0.25, 0.3) is 0 Å². The van der Waals surface area contributed by atoms with Crippen molar-refractivity contribution in [1.82, 2.24) is 10.2 Å². The monoisotopic (exact) mass is 517 g/mol. The Labute approximate surface area is 213 Å². The van der Waals surface area contributed by atoms with E-state index in [9.17, 15) is 22.4 Å². The molecule has 0 unspecified atom stereocenters. The summed E-state index contributed by atoms with van der Waals surface area (Å²) in [5.74, 6) is -1.15. The number of carbonyl (C=O) groups is 2. The van der Waals surface area contributed by atoms with Crippen LogP contribution in [0.2, 0.25) is 0 Å². The van der Waals surface area contributed by atoms with Gasteiger partial charge in [-0.25, -0.2) is 12.8 Å². The average Bonchev–Trinajstić information content (AvgIpc) is 3.35. The summed E-state index contributed by atoms with van der Waals surface area (Å²) in [4.78, 5) is 28.4. The predicted molar refractivity (Wildman–Crippen MR) is 139 cm³/mol. The lowest BCUT2D eigenvalue weighted by molar-refractivity contribution is -0.140. The Morgan fingerprint density at radius 2 is 1.69 bits per heavy atom. The topological polar surface area (TPSA) is 86.8 Å². The van der Waals surface area contributed by atoms with Gasteiger partial charge in [-0.3, -0.25) is 13.9 Å². The molecular weight excluding hydrogens is 481 g/mol. The molecule has 196 valence electrons. The van der Waals surface area contributed by atoms with Crippen LogP contribution in [-0.2, 0) is 32.6 Å². The van der Waals surface area contributed by atoms with Crippen LogP contribution in [0.5, 0.6) is 0 Å². The summed E-state index contributed by atoms with van der Waals surface area (Å²) < 4.78 is 40.2. The van der Waals surface area contributed by atoms with Crippen LogP contribution in [0.1, 0.15) is 57.1 Å². The van der Waals surface area contributed by atoms with Crippen molar-refractivity contribution in [3.8, 4) is 0 Å². The molecule has 0 saturated heterocycles. The zero-order valence-electron chi connectivity index (χ0n) is 21.2. The molecule has 9 heteroatoms. The quantitative estimate of drug-likeness (QED) is 0.488. The van der Waals surface area contributed by atoms with Crippen LogP contribution in [0, 0.1) is 5.82 Å². The van der Waals surface area contributed by atoms with Gasteiger partial charge >= 0.3 is 0 Å². The van der Waals surface area contributed by atoms with Crippen molar-refractivity contribution in [1.29, 1.82) is 0 Å². The van der Waals surface area contributed by atoms with Gasteiger partial charge in [-0.05, 0) is 55.0 Å². The van der Waals surface area contributed by atoms with Gasteiger partial charge in [-0.15, -0.1) is 0 Å². The van der Waals surface area contributed by atoms with E-state index in [0.717, 1.165) is 41.8 Å². The number of hydrogen-bond donors (Lipinski definition) is 1. The first kappa shape index (κ1) is 27.6. The fourth-order valence-electron chi connectivity index (χ4n) is 4.72. The molecule has 0 bridgehead atoms. The van der Waals surface area contributed by atoms with Crippen molar-refractivity contribution in [3.63, 3.8) is 0 Å². The summed E-state index contributed by atoms with van der Waals surface area (Å²) >= 11 is 0. The first-order valence-corrected chi connectivity index (χ1v) is 14.4. The second-order valence-electron chi connectivity index (χ2n) is 9.31. The lowest BCUT2D eigenvalue weighted by atomic mass is 10.1. The Kier molecular flexibility index (Phi) is 9.48. The predicted octanol–water partition coefficient (Wildman–Crippen LogP) is 4.02. The van der Waals surface area contributed by atoms with Crippen LogP contribution in [0.4, 0.5) is 10.1 Å². The lowest BCUT2D eigenvalue weighted by Gasteiger charge is -2.33. The van der Waals surface area contributed by atoms with Crippen LogP contribution in [0.3, 0.4) is 0 Å². The zero-order valence-corrected chi connectivity index (χ0v) is 22.1. The smallest absolute Gasteiger partial charge is 0.244 e. The number of aryl methyl sites for hydroxylation is 1. The molecule has 1 aliphatic rings. The second-order valence-corrected chi connectivity index (χ2v) is 11.2. The Morgan fingerprint density at radius 3 is 2.28 bits per heavy atom. The number of sulfonamides is 1. The molecule has 1 N–H and O–H groups in total. The molecule has 2 aromatic rings. The van der Waals surface area contributed by atoms with Crippen LogP contribution < -0.4 is 9.62 Å². The van der Waals surface area contributed by atoms with Gasteiger partial charge in [0.15, 0.2) is 0 Å². The number of nitrogens with one attached hydrogen (secondary N) is 1. The molecule has 0 aliphatic heterocycles. The van der Waals surface area contributed by atoms with Gasteiger partial charge in [0.2, 0.25) is 21.8 Å². The third-order valence-electron chi connectivity index (χ3n) is 6.67. The highest BCUT2D eigenvalue weighted by Crippen LogP contribution is 2.25. The first-order chi connectivity index (χ1) is 17.1. The van der Waals surface area contributed by atoms with Crippen molar-refractivity contribution in [2.75, 3.05) is 17.1 Å². The molecule has 2 aromatic carbocycles. The minimum atomic E-state index is -3.79. The molecular formula is C27H36FN3O4S. The number of amides is 2. The normalized spacial score (nSPS) is 14.9. The van der Waals surface area contributed by atoms with Gasteiger partial charge < -0.3 is 10.2 Å². The maximum Gasteiger partial charge on any atom is 0.244 e. The van der Waals surface area contributed by atoms with Crippen molar-refractivity contribution in [2.24, 2.45) is 0 Å². The SMILES string of the molecule is CCc1ccccc1N(CC(=O)N(Cc1ccc(F)cc1)[C@@H](CC)C(=O)NC1CCCC1)S(C)(=O)=O. The molecule has 1 saturated carbocycles. The molecule has 7 nitrogen and oxygen atoms in total. The maximum absolute atomic E-state index is 13.8. The molecule has 0 spiro atoms. The van der Waals surface area contributed by atoms with Crippen LogP contribution in [0.15, 0.2) is 48.5 Å². The number of halogens is 1. The Hall–Kier alpha value is -2.94. The molecule has 0 radical (unpaired) electrons. The van der Waals surface area contributed by atoms with Gasteiger partial charge in [0, 0.05) is 12.6 Å². The molecule has 0 heterocycles. The Morgan fingerprint density at radius 1 is 1.06 bits per heavy atom. The highest BCUT2D eigenvalue weighted by molar-refractivity contribution is 7.92. The molecule has 0 aromatic heterocycles. The standard InChI is InChI=1S/C27H36FN3O4S/c1-4-21-10-6-9-13-25(21)31(36(3,34)35)19-26(32)30(18-20-14-16-22(28)17-15-20)24(5-2)27(33)29-23-11-7-8-12-23/h6,9-10,13-17,23-24H,4-5,7-8,11-12,18-19H2,1-3H3,(H,29,33)/t24-/m0/s1. The first-order valence-electron chi connectivity index (χ1n) is 12.5. The maximum atomic E-state index is 13.8. The molecule has 1 aliphatic carbocycles. The summed E-state index contributed by atoms with van der Waals surface area (Å²) in [6.07, 6.45) is 5.95. The van der Waals surface area contributed by atoms with Crippen molar-refractivity contribution in [2.45, 2.75) is 71.0 Å². The van der Waals surface area contributed by atoms with Gasteiger partial charge in [0.05, 0.1) is 11.9 Å². The summed E-state index contributed by atoms with van der Waals surface area (Å²) in [5, 5.41) is 3.07. The minimum absolute atomic E-state index is 0.0583. The second kappa shape index (κ2) is 12.3. The highest BCUT2D eigenvalue weighted by Gasteiger charge is 2.33. The fraction of sp³-hybridized carbons (Fsp3) is 0.481.